The predicted octanol–water partition coefficient (Wildman–Crippen LogP) is 2.93. The largest absolute Gasteiger partial charge is 0.445 e. The molecule has 0 unspecified atom stereocenters. The summed E-state index contributed by atoms with van der Waals surface area (Å²) >= 11 is 0. The monoisotopic (exact) mass is 288 g/mol. The molecule has 1 saturated carbocycles. The van der Waals surface area contributed by atoms with E-state index in [1.54, 1.807) is 0 Å². The maximum Gasteiger partial charge on any atom is 0.407 e. The smallest absolute Gasteiger partial charge is 0.407 e. The zero-order valence-corrected chi connectivity index (χ0v) is 12.5. The van der Waals surface area contributed by atoms with Crippen molar-refractivity contribution >= 4 is 6.09 Å². The molecule has 1 atom stereocenters. The molecule has 114 valence electrons. The molecule has 0 spiro atoms. The Hall–Kier alpha value is -1.55. The van der Waals surface area contributed by atoms with Crippen LogP contribution >= 0.6 is 0 Å². The van der Waals surface area contributed by atoms with Crippen LogP contribution in [0.3, 0.4) is 0 Å². The minimum atomic E-state index is -0.306. The molecule has 1 heterocycles. The van der Waals surface area contributed by atoms with Crippen LogP contribution in [0.4, 0.5) is 4.79 Å². The number of carbonyl (C=O) groups excluding carboxylic acids is 1. The van der Waals surface area contributed by atoms with E-state index in [-0.39, 0.29) is 6.09 Å². The summed E-state index contributed by atoms with van der Waals surface area (Å²) in [4.78, 5) is 14.4. The van der Waals surface area contributed by atoms with Gasteiger partial charge in [0.1, 0.15) is 6.61 Å². The van der Waals surface area contributed by atoms with Gasteiger partial charge in [-0.15, -0.1) is 0 Å². The van der Waals surface area contributed by atoms with E-state index in [2.05, 4.69) is 10.2 Å². The van der Waals surface area contributed by atoms with Crippen LogP contribution in [-0.4, -0.2) is 36.2 Å². The number of hydrogen-bond acceptors (Lipinski definition) is 3. The van der Waals surface area contributed by atoms with E-state index in [1.807, 2.05) is 30.3 Å². The summed E-state index contributed by atoms with van der Waals surface area (Å²) in [5.74, 6) is 0. The van der Waals surface area contributed by atoms with E-state index in [9.17, 15) is 4.79 Å². The number of nitrogens with zero attached hydrogens (tertiary/aromatic N) is 1. The van der Waals surface area contributed by atoms with Crippen LogP contribution in [0.15, 0.2) is 30.3 Å². The first-order chi connectivity index (χ1) is 10.3. The zero-order valence-electron chi connectivity index (χ0n) is 12.5. The van der Waals surface area contributed by atoms with E-state index in [0.29, 0.717) is 19.2 Å². The number of benzene rings is 1. The van der Waals surface area contributed by atoms with Gasteiger partial charge < -0.3 is 10.1 Å². The van der Waals surface area contributed by atoms with Crippen molar-refractivity contribution in [1.29, 1.82) is 0 Å². The van der Waals surface area contributed by atoms with Crippen LogP contribution in [-0.2, 0) is 11.3 Å². The second-order valence-corrected chi connectivity index (χ2v) is 6.06. The van der Waals surface area contributed by atoms with Gasteiger partial charge in [0.2, 0.25) is 0 Å². The summed E-state index contributed by atoms with van der Waals surface area (Å²) in [7, 11) is 0. The molecular weight excluding hydrogens is 264 g/mol. The van der Waals surface area contributed by atoms with E-state index in [1.165, 1.54) is 38.6 Å². The third-order valence-corrected chi connectivity index (χ3v) is 4.66. The summed E-state index contributed by atoms with van der Waals surface area (Å²) in [5.41, 5.74) is 1.02. The molecule has 4 heteroatoms. The molecule has 1 aromatic rings. The van der Waals surface area contributed by atoms with Gasteiger partial charge in [0.25, 0.3) is 0 Å². The molecule has 1 N–H and O–H groups in total. The van der Waals surface area contributed by atoms with Gasteiger partial charge in [-0.1, -0.05) is 36.8 Å². The average molecular weight is 288 g/mol. The molecule has 0 bridgehead atoms. The molecule has 1 amide bonds. The van der Waals surface area contributed by atoms with Gasteiger partial charge in [-0.25, -0.2) is 4.79 Å². The normalized spacial score (nSPS) is 22.8. The molecular formula is C17H24N2O2. The number of amides is 1. The third-order valence-electron chi connectivity index (χ3n) is 4.66. The average Bonchev–Trinajstić information content (AvgIpc) is 2.90. The van der Waals surface area contributed by atoms with Crippen molar-refractivity contribution in [2.24, 2.45) is 0 Å². The van der Waals surface area contributed by atoms with Gasteiger partial charge in [-0.05, 0) is 37.8 Å². The van der Waals surface area contributed by atoms with Crippen LogP contribution in [0.1, 0.15) is 37.7 Å². The Kier molecular flexibility index (Phi) is 4.76. The number of ether oxygens (including phenoxy) is 1. The zero-order chi connectivity index (χ0) is 14.5. The molecule has 0 radical (unpaired) electrons. The molecule has 1 saturated heterocycles. The Morgan fingerprint density at radius 3 is 2.71 bits per heavy atom. The quantitative estimate of drug-likeness (QED) is 0.905. The number of hydrogen-bond donors (Lipinski definition) is 1. The molecule has 1 aliphatic heterocycles. The highest BCUT2D eigenvalue weighted by Crippen LogP contribution is 2.30. The van der Waals surface area contributed by atoms with E-state index in [4.69, 9.17) is 4.74 Å². The Labute approximate surface area is 126 Å². The predicted molar refractivity (Wildman–Crippen MR) is 82.0 cm³/mol. The maximum absolute atomic E-state index is 11.8. The Balaban J connectivity index is 1.39. The van der Waals surface area contributed by atoms with Crippen LogP contribution in [0.5, 0.6) is 0 Å². The standard InChI is InChI=1S/C17H24N2O2/c20-17(21-13-14-6-2-1-3-7-14)18-12-16-10-5-11-19(16)15-8-4-9-15/h1-3,6-7,15-16H,4-5,8-13H2,(H,18,20)/t16-/m0/s1. The number of rotatable bonds is 5. The minimum absolute atomic E-state index is 0.306. The second kappa shape index (κ2) is 6.94. The number of nitrogens with one attached hydrogen (secondary N) is 1. The summed E-state index contributed by atoms with van der Waals surface area (Å²) in [5, 5.41) is 2.93. The summed E-state index contributed by atoms with van der Waals surface area (Å²) < 4.78 is 5.26. The molecule has 1 aromatic carbocycles. The van der Waals surface area contributed by atoms with Crippen molar-refractivity contribution in [2.45, 2.75) is 50.8 Å². The molecule has 1 aliphatic carbocycles. The van der Waals surface area contributed by atoms with Crippen LogP contribution in [0, 0.1) is 0 Å². The maximum atomic E-state index is 11.8. The van der Waals surface area contributed by atoms with Gasteiger partial charge in [-0.2, -0.15) is 0 Å². The third kappa shape index (κ3) is 3.76. The highest BCUT2D eigenvalue weighted by molar-refractivity contribution is 5.67. The van der Waals surface area contributed by atoms with Gasteiger partial charge in [0, 0.05) is 18.6 Å². The topological polar surface area (TPSA) is 41.6 Å². The molecule has 0 aromatic heterocycles. The van der Waals surface area contributed by atoms with Gasteiger partial charge >= 0.3 is 6.09 Å². The van der Waals surface area contributed by atoms with Crippen molar-refractivity contribution in [2.75, 3.05) is 13.1 Å². The fraction of sp³-hybridized carbons (Fsp3) is 0.588. The number of carbonyl (C=O) groups is 1. The number of alkyl carbamates (subject to hydrolysis) is 1. The van der Waals surface area contributed by atoms with Crippen molar-refractivity contribution in [3.05, 3.63) is 35.9 Å². The van der Waals surface area contributed by atoms with E-state index >= 15 is 0 Å². The first-order valence-corrected chi connectivity index (χ1v) is 8.03. The van der Waals surface area contributed by atoms with Gasteiger partial charge in [0.15, 0.2) is 0 Å². The number of likely N-dealkylation sites (tertiary alicyclic amines) is 1. The minimum Gasteiger partial charge on any atom is -0.445 e. The lowest BCUT2D eigenvalue weighted by atomic mass is 9.91. The van der Waals surface area contributed by atoms with Crippen LogP contribution in [0.25, 0.3) is 0 Å². The first-order valence-electron chi connectivity index (χ1n) is 8.03. The summed E-state index contributed by atoms with van der Waals surface area (Å²) in [6, 6.07) is 11.0. The Morgan fingerprint density at radius 1 is 1.19 bits per heavy atom. The summed E-state index contributed by atoms with van der Waals surface area (Å²) in [6.07, 6.45) is 6.15. The fourth-order valence-electron chi connectivity index (χ4n) is 3.25. The van der Waals surface area contributed by atoms with E-state index in [0.717, 1.165) is 11.6 Å². The Morgan fingerprint density at radius 2 is 2.00 bits per heavy atom. The first kappa shape index (κ1) is 14.4. The lowest BCUT2D eigenvalue weighted by Gasteiger charge is -2.38. The van der Waals surface area contributed by atoms with Crippen LogP contribution in [0.2, 0.25) is 0 Å². The fourth-order valence-corrected chi connectivity index (χ4v) is 3.25. The highest BCUT2D eigenvalue weighted by atomic mass is 16.5. The van der Waals surface area contributed by atoms with Crippen molar-refractivity contribution in [3.8, 4) is 0 Å². The Bertz CT molecular complexity index is 459. The molecule has 4 nitrogen and oxygen atoms in total. The van der Waals surface area contributed by atoms with Crippen LogP contribution < -0.4 is 5.32 Å². The lowest BCUT2D eigenvalue weighted by molar-refractivity contribution is 0.105. The SMILES string of the molecule is O=C(NC[C@@H]1CCCN1C1CCC1)OCc1ccccc1. The summed E-state index contributed by atoms with van der Waals surface area (Å²) in [6.45, 7) is 2.24. The molecule has 3 rings (SSSR count). The van der Waals surface area contributed by atoms with Crippen molar-refractivity contribution in [1.82, 2.24) is 10.2 Å². The van der Waals surface area contributed by atoms with Gasteiger partial charge in [-0.3, -0.25) is 4.90 Å². The molecule has 21 heavy (non-hydrogen) atoms. The highest BCUT2D eigenvalue weighted by Gasteiger charge is 2.33. The van der Waals surface area contributed by atoms with Gasteiger partial charge in [0.05, 0.1) is 0 Å². The van der Waals surface area contributed by atoms with E-state index < -0.39 is 0 Å². The molecule has 2 aliphatic rings. The molecule has 2 fully saturated rings. The second-order valence-electron chi connectivity index (χ2n) is 6.06. The lowest BCUT2D eigenvalue weighted by Crippen LogP contribution is -2.47. The van der Waals surface area contributed by atoms with Crippen molar-refractivity contribution in [3.63, 3.8) is 0 Å². The van der Waals surface area contributed by atoms with Crippen molar-refractivity contribution < 1.29 is 9.53 Å².